The van der Waals surface area contributed by atoms with Gasteiger partial charge in [-0.2, -0.15) is 0 Å². The number of aromatic nitrogens is 1. The molecule has 1 aliphatic rings. The molecule has 1 saturated heterocycles. The van der Waals surface area contributed by atoms with Crippen LogP contribution in [0.1, 0.15) is 15.9 Å². The van der Waals surface area contributed by atoms with Crippen molar-refractivity contribution in [3.63, 3.8) is 0 Å². The maximum absolute atomic E-state index is 14.5. The fourth-order valence-corrected chi connectivity index (χ4v) is 3.32. The third kappa shape index (κ3) is 4.60. The summed E-state index contributed by atoms with van der Waals surface area (Å²) in [5.74, 6) is -0.113. The molecule has 0 bridgehead atoms. The van der Waals surface area contributed by atoms with Gasteiger partial charge in [-0.15, -0.1) is 0 Å². The average Bonchev–Trinajstić information content (AvgIpc) is 2.79. The lowest BCUT2D eigenvalue weighted by atomic mass is 10.0. The van der Waals surface area contributed by atoms with E-state index in [2.05, 4.69) is 15.2 Å². The maximum atomic E-state index is 14.5. The van der Waals surface area contributed by atoms with Crippen LogP contribution >= 0.6 is 0 Å². The Balaban J connectivity index is 1.42. The highest BCUT2D eigenvalue weighted by molar-refractivity contribution is 5.95. The molecule has 6 heteroatoms. The van der Waals surface area contributed by atoms with E-state index in [1.165, 1.54) is 12.1 Å². The summed E-state index contributed by atoms with van der Waals surface area (Å²) in [4.78, 5) is 19.0. The first-order valence-corrected chi connectivity index (χ1v) is 9.61. The average molecular weight is 391 g/mol. The SMILES string of the molecule is O=C(NCc1ccnc(N2CCOCC2)c1)c1ccc(-c2ccccc2)cc1F. The van der Waals surface area contributed by atoms with Crippen LogP contribution in [0.25, 0.3) is 11.1 Å². The zero-order valence-electron chi connectivity index (χ0n) is 16.0. The van der Waals surface area contributed by atoms with Gasteiger partial charge in [0.2, 0.25) is 0 Å². The first-order valence-electron chi connectivity index (χ1n) is 9.61. The minimum Gasteiger partial charge on any atom is -0.378 e. The zero-order chi connectivity index (χ0) is 20.1. The number of rotatable bonds is 5. The lowest BCUT2D eigenvalue weighted by Gasteiger charge is -2.28. The second kappa shape index (κ2) is 8.84. The van der Waals surface area contributed by atoms with Crippen molar-refractivity contribution in [1.82, 2.24) is 10.3 Å². The number of carbonyl (C=O) groups is 1. The fourth-order valence-electron chi connectivity index (χ4n) is 3.32. The Labute approximate surface area is 169 Å². The summed E-state index contributed by atoms with van der Waals surface area (Å²) in [6.07, 6.45) is 1.72. The molecule has 0 aliphatic carbocycles. The number of anilines is 1. The molecule has 1 aromatic heterocycles. The number of nitrogens with zero attached hydrogens (tertiary/aromatic N) is 2. The van der Waals surface area contributed by atoms with Crippen LogP contribution < -0.4 is 10.2 Å². The van der Waals surface area contributed by atoms with Gasteiger partial charge in [-0.3, -0.25) is 4.79 Å². The van der Waals surface area contributed by atoms with Crippen LogP contribution in [0, 0.1) is 5.82 Å². The first kappa shape index (κ1) is 19.1. The highest BCUT2D eigenvalue weighted by Gasteiger charge is 2.15. The summed E-state index contributed by atoms with van der Waals surface area (Å²) in [6.45, 7) is 3.25. The third-order valence-electron chi connectivity index (χ3n) is 4.92. The molecule has 0 atom stereocenters. The molecule has 1 N–H and O–H groups in total. The number of nitrogens with one attached hydrogen (secondary N) is 1. The van der Waals surface area contributed by atoms with Gasteiger partial charge in [0.1, 0.15) is 11.6 Å². The second-order valence-electron chi connectivity index (χ2n) is 6.87. The quantitative estimate of drug-likeness (QED) is 0.721. The summed E-state index contributed by atoms with van der Waals surface area (Å²) >= 11 is 0. The zero-order valence-corrected chi connectivity index (χ0v) is 16.0. The van der Waals surface area contributed by atoms with Crippen LogP contribution in [0.3, 0.4) is 0 Å². The van der Waals surface area contributed by atoms with E-state index in [1.54, 1.807) is 12.3 Å². The Morgan fingerprint density at radius 3 is 2.59 bits per heavy atom. The van der Waals surface area contributed by atoms with Crippen LogP contribution in [-0.2, 0) is 11.3 Å². The monoisotopic (exact) mass is 391 g/mol. The van der Waals surface area contributed by atoms with E-state index < -0.39 is 11.7 Å². The van der Waals surface area contributed by atoms with Crippen LogP contribution in [-0.4, -0.2) is 37.2 Å². The number of carbonyl (C=O) groups excluding carboxylic acids is 1. The minimum atomic E-state index is -0.535. The molecule has 1 amide bonds. The largest absolute Gasteiger partial charge is 0.378 e. The molecule has 2 aromatic carbocycles. The van der Waals surface area contributed by atoms with Gasteiger partial charge in [0.25, 0.3) is 5.91 Å². The lowest BCUT2D eigenvalue weighted by Crippen LogP contribution is -2.36. The van der Waals surface area contributed by atoms with Crippen molar-refractivity contribution in [2.24, 2.45) is 0 Å². The number of hydrogen-bond donors (Lipinski definition) is 1. The van der Waals surface area contributed by atoms with E-state index in [0.717, 1.165) is 35.6 Å². The Bertz CT molecular complexity index is 988. The smallest absolute Gasteiger partial charge is 0.254 e. The van der Waals surface area contributed by atoms with Crippen LogP contribution in [0.2, 0.25) is 0 Å². The van der Waals surface area contributed by atoms with Crippen molar-refractivity contribution >= 4 is 11.7 Å². The van der Waals surface area contributed by atoms with Crippen molar-refractivity contribution < 1.29 is 13.9 Å². The predicted molar refractivity (Wildman–Crippen MR) is 110 cm³/mol. The molecule has 148 valence electrons. The molecule has 0 radical (unpaired) electrons. The van der Waals surface area contributed by atoms with E-state index in [1.807, 2.05) is 42.5 Å². The molecule has 2 heterocycles. The fraction of sp³-hybridized carbons (Fsp3) is 0.217. The van der Waals surface area contributed by atoms with Crippen LogP contribution in [0.5, 0.6) is 0 Å². The van der Waals surface area contributed by atoms with Gasteiger partial charge in [-0.25, -0.2) is 9.37 Å². The Morgan fingerprint density at radius 1 is 1.03 bits per heavy atom. The molecule has 0 saturated carbocycles. The van der Waals surface area contributed by atoms with Crippen molar-refractivity contribution in [2.75, 3.05) is 31.2 Å². The van der Waals surface area contributed by atoms with Crippen molar-refractivity contribution in [3.8, 4) is 11.1 Å². The summed E-state index contributed by atoms with van der Waals surface area (Å²) in [5, 5.41) is 2.80. The topological polar surface area (TPSA) is 54.5 Å². The molecule has 1 fully saturated rings. The van der Waals surface area contributed by atoms with Crippen molar-refractivity contribution in [3.05, 3.63) is 83.8 Å². The Morgan fingerprint density at radius 2 is 1.83 bits per heavy atom. The Hall–Kier alpha value is -3.25. The summed E-state index contributed by atoms with van der Waals surface area (Å²) < 4.78 is 19.9. The van der Waals surface area contributed by atoms with E-state index in [-0.39, 0.29) is 5.56 Å². The van der Waals surface area contributed by atoms with Gasteiger partial charge in [-0.1, -0.05) is 36.4 Å². The van der Waals surface area contributed by atoms with Crippen molar-refractivity contribution in [1.29, 1.82) is 0 Å². The molecule has 4 rings (SSSR count). The van der Waals surface area contributed by atoms with E-state index >= 15 is 0 Å². The normalized spacial score (nSPS) is 13.9. The maximum Gasteiger partial charge on any atom is 0.254 e. The summed E-state index contributed by atoms with van der Waals surface area (Å²) in [6, 6.07) is 18.0. The van der Waals surface area contributed by atoms with Crippen LogP contribution in [0.15, 0.2) is 66.9 Å². The van der Waals surface area contributed by atoms with E-state index in [9.17, 15) is 9.18 Å². The molecule has 1 aliphatic heterocycles. The molecule has 5 nitrogen and oxygen atoms in total. The molecule has 3 aromatic rings. The molecule has 0 unspecified atom stereocenters. The molecular weight excluding hydrogens is 369 g/mol. The van der Waals surface area contributed by atoms with Gasteiger partial charge in [0.05, 0.1) is 18.8 Å². The van der Waals surface area contributed by atoms with E-state index in [4.69, 9.17) is 4.74 Å². The number of morpholine rings is 1. The summed E-state index contributed by atoms with van der Waals surface area (Å²) in [5.41, 5.74) is 2.60. The predicted octanol–water partition coefficient (Wildman–Crippen LogP) is 3.65. The number of hydrogen-bond acceptors (Lipinski definition) is 4. The van der Waals surface area contributed by atoms with Gasteiger partial charge >= 0.3 is 0 Å². The highest BCUT2D eigenvalue weighted by Crippen LogP contribution is 2.22. The molecular formula is C23H22FN3O2. The number of amides is 1. The lowest BCUT2D eigenvalue weighted by molar-refractivity contribution is 0.0947. The third-order valence-corrected chi connectivity index (χ3v) is 4.92. The standard InChI is InChI=1S/C23H22FN3O2/c24-21-15-19(18-4-2-1-3-5-18)6-7-20(21)23(28)26-16-17-8-9-25-22(14-17)27-10-12-29-13-11-27/h1-9,14-15H,10-13,16H2,(H,26,28). The number of benzene rings is 2. The molecule has 0 spiro atoms. The van der Waals surface area contributed by atoms with Gasteiger partial charge in [-0.05, 0) is 41.0 Å². The first-order chi connectivity index (χ1) is 14.2. The number of ether oxygens (including phenoxy) is 1. The van der Waals surface area contributed by atoms with Crippen molar-refractivity contribution in [2.45, 2.75) is 6.54 Å². The Kier molecular flexibility index (Phi) is 5.81. The highest BCUT2D eigenvalue weighted by atomic mass is 19.1. The van der Waals surface area contributed by atoms with Gasteiger partial charge < -0.3 is 15.0 Å². The number of halogens is 1. The minimum absolute atomic E-state index is 0.0344. The van der Waals surface area contributed by atoms with E-state index in [0.29, 0.717) is 19.8 Å². The van der Waals surface area contributed by atoms with Gasteiger partial charge in [0.15, 0.2) is 0 Å². The second-order valence-corrected chi connectivity index (χ2v) is 6.87. The summed E-state index contributed by atoms with van der Waals surface area (Å²) in [7, 11) is 0. The molecule has 29 heavy (non-hydrogen) atoms. The van der Waals surface area contributed by atoms with Crippen LogP contribution in [0.4, 0.5) is 10.2 Å². The number of pyridine rings is 1. The van der Waals surface area contributed by atoms with Gasteiger partial charge in [0, 0.05) is 25.8 Å².